The van der Waals surface area contributed by atoms with Crippen LogP contribution in [-0.2, 0) is 14.8 Å². The van der Waals surface area contributed by atoms with Gasteiger partial charge < -0.3 is 0 Å². The van der Waals surface area contributed by atoms with E-state index in [0.29, 0.717) is 12.8 Å². The van der Waals surface area contributed by atoms with Crippen molar-refractivity contribution in [1.29, 1.82) is 0 Å². The van der Waals surface area contributed by atoms with Gasteiger partial charge in [0.1, 0.15) is 5.82 Å². The minimum absolute atomic E-state index is 0.164. The van der Waals surface area contributed by atoms with Crippen LogP contribution in [0.2, 0.25) is 0 Å². The molecule has 29 heavy (non-hydrogen) atoms. The average molecular weight is 435 g/mol. The van der Waals surface area contributed by atoms with Gasteiger partial charge in [-0.1, -0.05) is 36.0 Å². The van der Waals surface area contributed by atoms with Crippen LogP contribution in [-0.4, -0.2) is 53.7 Å². The number of hydrogen-bond donors (Lipinski definition) is 0. The highest BCUT2D eigenvalue weighted by atomic mass is 32.2. The number of carbonyl (C=O) groups is 2. The first-order valence-corrected chi connectivity index (χ1v) is 11.6. The summed E-state index contributed by atoms with van der Waals surface area (Å²) in [5.74, 6) is -0.359. The van der Waals surface area contributed by atoms with E-state index >= 15 is 0 Å². The molecule has 2 fully saturated rings. The third-order valence-corrected chi connectivity index (χ3v) is 7.99. The minimum Gasteiger partial charge on any atom is -0.273 e. The third-order valence-electron chi connectivity index (χ3n) is 5.24. The van der Waals surface area contributed by atoms with Crippen molar-refractivity contribution in [3.8, 4) is 11.1 Å². The van der Waals surface area contributed by atoms with Crippen LogP contribution in [0.1, 0.15) is 12.8 Å². The van der Waals surface area contributed by atoms with Gasteiger partial charge in [-0.25, -0.2) is 12.8 Å². The highest BCUT2D eigenvalue weighted by Crippen LogP contribution is 2.29. The Hall–Kier alpha value is -2.23. The zero-order chi connectivity index (χ0) is 20.6. The Morgan fingerprint density at radius 2 is 1.45 bits per heavy atom. The monoisotopic (exact) mass is 434 g/mol. The molecule has 2 aliphatic heterocycles. The Balaban J connectivity index is 1.46. The van der Waals surface area contributed by atoms with Crippen LogP contribution in [0.5, 0.6) is 0 Å². The number of nitrogens with zero attached hydrogens (tertiary/aromatic N) is 2. The quantitative estimate of drug-likeness (QED) is 0.738. The van der Waals surface area contributed by atoms with Crippen LogP contribution in [0.4, 0.5) is 9.18 Å². The molecule has 0 unspecified atom stereocenters. The Morgan fingerprint density at radius 1 is 0.897 bits per heavy atom. The predicted octanol–water partition coefficient (Wildman–Crippen LogP) is 3.34. The minimum atomic E-state index is -3.66. The number of amides is 2. The summed E-state index contributed by atoms with van der Waals surface area (Å²) >= 11 is 0.995. The van der Waals surface area contributed by atoms with Crippen LogP contribution < -0.4 is 0 Å². The van der Waals surface area contributed by atoms with E-state index in [1.165, 1.54) is 21.3 Å². The molecule has 4 rings (SSSR count). The molecule has 0 N–H and O–H groups in total. The average Bonchev–Trinajstić information content (AvgIpc) is 3.07. The summed E-state index contributed by atoms with van der Waals surface area (Å²) in [6, 6.07) is 12.3. The first-order chi connectivity index (χ1) is 13.9. The summed E-state index contributed by atoms with van der Waals surface area (Å²) in [5.41, 5.74) is 1.60. The van der Waals surface area contributed by atoms with Gasteiger partial charge in [0.05, 0.1) is 10.6 Å². The lowest BCUT2D eigenvalue weighted by Gasteiger charge is -2.34. The lowest BCUT2D eigenvalue weighted by molar-refractivity contribution is -0.126. The Kier molecular flexibility index (Phi) is 5.46. The van der Waals surface area contributed by atoms with Crippen LogP contribution in [0.25, 0.3) is 11.1 Å². The number of piperidine rings is 1. The molecule has 152 valence electrons. The zero-order valence-electron chi connectivity index (χ0n) is 15.5. The van der Waals surface area contributed by atoms with Crippen molar-refractivity contribution in [2.75, 3.05) is 18.8 Å². The number of halogens is 1. The maximum absolute atomic E-state index is 13.1. The molecule has 0 atom stereocenters. The van der Waals surface area contributed by atoms with Gasteiger partial charge in [-0.2, -0.15) is 4.31 Å². The fourth-order valence-corrected chi connectivity index (χ4v) is 5.91. The van der Waals surface area contributed by atoms with Crippen molar-refractivity contribution in [3.05, 3.63) is 54.3 Å². The molecule has 6 nitrogen and oxygen atoms in total. The molecule has 2 amide bonds. The Labute approximate surface area is 172 Å². The standard InChI is InChI=1S/C20H19FN2O4S2/c21-16-5-1-14(2-6-16)15-3-7-18(8-4-15)29(26,27)22-11-9-17(10-12-22)23-19(24)13-28-20(23)25/h1-8,17H,9-13H2. The molecular formula is C20H19FN2O4S2. The molecule has 0 bridgehead atoms. The number of benzene rings is 2. The molecule has 2 aromatic rings. The summed E-state index contributed by atoms with van der Waals surface area (Å²) in [5, 5.41) is -0.243. The van der Waals surface area contributed by atoms with Gasteiger partial charge in [0, 0.05) is 19.1 Å². The number of carbonyl (C=O) groups excluding carboxylic acids is 2. The topological polar surface area (TPSA) is 74.8 Å². The van der Waals surface area contributed by atoms with E-state index in [1.807, 2.05) is 0 Å². The molecule has 0 aliphatic carbocycles. The van der Waals surface area contributed by atoms with E-state index in [-0.39, 0.29) is 46.7 Å². The predicted molar refractivity (Wildman–Crippen MR) is 108 cm³/mol. The van der Waals surface area contributed by atoms with Crippen LogP contribution in [0.3, 0.4) is 0 Å². The lowest BCUT2D eigenvalue weighted by atomic mass is 10.1. The fraction of sp³-hybridized carbons (Fsp3) is 0.300. The number of sulfonamides is 1. The molecule has 2 aliphatic rings. The van der Waals surface area contributed by atoms with Gasteiger partial charge in [0.25, 0.3) is 5.24 Å². The molecule has 9 heteroatoms. The van der Waals surface area contributed by atoms with Crippen molar-refractivity contribution >= 4 is 32.9 Å². The van der Waals surface area contributed by atoms with Crippen LogP contribution in [0, 0.1) is 5.82 Å². The van der Waals surface area contributed by atoms with E-state index in [1.54, 1.807) is 36.4 Å². The molecule has 0 spiro atoms. The van der Waals surface area contributed by atoms with Gasteiger partial charge in [0.2, 0.25) is 15.9 Å². The molecule has 0 saturated carbocycles. The lowest BCUT2D eigenvalue weighted by Crippen LogP contribution is -2.48. The van der Waals surface area contributed by atoms with Gasteiger partial charge in [-0.05, 0) is 48.2 Å². The van der Waals surface area contributed by atoms with Crippen molar-refractivity contribution in [3.63, 3.8) is 0 Å². The molecular weight excluding hydrogens is 415 g/mol. The summed E-state index contributed by atoms with van der Waals surface area (Å²) in [7, 11) is -3.66. The molecule has 2 saturated heterocycles. The van der Waals surface area contributed by atoms with Crippen molar-refractivity contribution < 1.29 is 22.4 Å². The maximum atomic E-state index is 13.1. The molecule has 0 aromatic heterocycles. The zero-order valence-corrected chi connectivity index (χ0v) is 17.1. The van der Waals surface area contributed by atoms with E-state index < -0.39 is 10.0 Å². The second kappa shape index (κ2) is 7.89. The van der Waals surface area contributed by atoms with Gasteiger partial charge in [-0.3, -0.25) is 14.5 Å². The van der Waals surface area contributed by atoms with Crippen LogP contribution in [0.15, 0.2) is 53.4 Å². The van der Waals surface area contributed by atoms with Gasteiger partial charge >= 0.3 is 0 Å². The second-order valence-corrected chi connectivity index (χ2v) is 9.85. The summed E-state index contributed by atoms with van der Waals surface area (Å²) < 4.78 is 40.4. The maximum Gasteiger partial charge on any atom is 0.289 e. The number of hydrogen-bond acceptors (Lipinski definition) is 5. The highest BCUT2D eigenvalue weighted by Gasteiger charge is 2.39. The molecule has 2 aromatic carbocycles. The first-order valence-electron chi connectivity index (χ1n) is 9.21. The van der Waals surface area contributed by atoms with Crippen molar-refractivity contribution in [1.82, 2.24) is 9.21 Å². The fourth-order valence-electron chi connectivity index (χ4n) is 3.67. The number of rotatable bonds is 4. The summed E-state index contributed by atoms with van der Waals surface area (Å²) in [6.45, 7) is 0.517. The van der Waals surface area contributed by atoms with E-state index in [4.69, 9.17) is 0 Å². The number of thioether (sulfide) groups is 1. The van der Waals surface area contributed by atoms with E-state index in [9.17, 15) is 22.4 Å². The first kappa shape index (κ1) is 20.1. The van der Waals surface area contributed by atoms with Crippen molar-refractivity contribution in [2.45, 2.75) is 23.8 Å². The molecule has 2 heterocycles. The smallest absolute Gasteiger partial charge is 0.273 e. The van der Waals surface area contributed by atoms with E-state index in [2.05, 4.69) is 0 Å². The SMILES string of the molecule is O=C1CSC(=O)N1C1CCN(S(=O)(=O)c2ccc(-c3ccc(F)cc3)cc2)CC1. The second-order valence-electron chi connectivity index (χ2n) is 6.98. The Morgan fingerprint density at radius 3 is 1.97 bits per heavy atom. The van der Waals surface area contributed by atoms with Gasteiger partial charge in [0.15, 0.2) is 0 Å². The summed E-state index contributed by atoms with van der Waals surface area (Å²) in [4.78, 5) is 25.2. The largest absolute Gasteiger partial charge is 0.289 e. The normalized spacial score (nSPS) is 19.1. The summed E-state index contributed by atoms with van der Waals surface area (Å²) in [6.07, 6.45) is 0.871. The van der Waals surface area contributed by atoms with E-state index in [0.717, 1.165) is 22.9 Å². The molecule has 0 radical (unpaired) electrons. The van der Waals surface area contributed by atoms with Crippen LogP contribution >= 0.6 is 11.8 Å². The highest BCUT2D eigenvalue weighted by molar-refractivity contribution is 8.14. The third kappa shape index (κ3) is 3.94. The van der Waals surface area contributed by atoms with Crippen molar-refractivity contribution in [2.24, 2.45) is 0 Å². The Bertz CT molecular complexity index is 1020. The number of imide groups is 1. The van der Waals surface area contributed by atoms with Gasteiger partial charge in [-0.15, -0.1) is 0 Å².